The van der Waals surface area contributed by atoms with Crippen molar-refractivity contribution in [3.8, 4) is 0 Å². The van der Waals surface area contributed by atoms with Crippen LogP contribution in [0.2, 0.25) is 0 Å². The molecule has 0 aromatic carbocycles. The molecule has 0 bridgehead atoms. The standard InChI is InChI=1S/C17H22O2/c18-11-5-7-15-13-6-4-10-2-1-3-12(10)14(13)8-16-17(15,9-11)19-16/h1-3,10-11,13-16,18H,4-9H2. The molecular formula is C17H22O2. The highest BCUT2D eigenvalue weighted by molar-refractivity contribution is 5.34. The molecule has 2 heteroatoms. The summed E-state index contributed by atoms with van der Waals surface area (Å²) in [5.41, 5.74) is 1.80. The zero-order valence-electron chi connectivity index (χ0n) is 11.3. The lowest BCUT2D eigenvalue weighted by atomic mass is 9.55. The number of epoxide rings is 1. The van der Waals surface area contributed by atoms with Gasteiger partial charge < -0.3 is 9.84 Å². The van der Waals surface area contributed by atoms with E-state index in [9.17, 15) is 5.11 Å². The van der Waals surface area contributed by atoms with Gasteiger partial charge >= 0.3 is 0 Å². The lowest BCUT2D eigenvalue weighted by molar-refractivity contribution is -0.000141. The van der Waals surface area contributed by atoms with E-state index in [4.69, 9.17) is 4.74 Å². The minimum atomic E-state index is -0.110. The fourth-order valence-corrected chi connectivity index (χ4v) is 5.84. The maximum Gasteiger partial charge on any atom is 0.100 e. The maximum absolute atomic E-state index is 9.98. The molecule has 0 aromatic rings. The minimum Gasteiger partial charge on any atom is -0.393 e. The van der Waals surface area contributed by atoms with Crippen molar-refractivity contribution in [2.45, 2.75) is 56.3 Å². The van der Waals surface area contributed by atoms with Crippen molar-refractivity contribution in [3.05, 3.63) is 23.8 Å². The molecule has 1 N–H and O–H groups in total. The Morgan fingerprint density at radius 1 is 1.21 bits per heavy atom. The van der Waals surface area contributed by atoms with Gasteiger partial charge in [0.05, 0.1) is 12.2 Å². The van der Waals surface area contributed by atoms with Crippen molar-refractivity contribution >= 4 is 0 Å². The molecule has 7 atom stereocenters. The summed E-state index contributed by atoms with van der Waals surface area (Å²) in [5.74, 6) is 3.06. The van der Waals surface area contributed by atoms with E-state index in [1.807, 2.05) is 0 Å². The second kappa shape index (κ2) is 3.53. The van der Waals surface area contributed by atoms with Crippen LogP contribution in [0.1, 0.15) is 38.5 Å². The zero-order valence-corrected chi connectivity index (χ0v) is 11.3. The van der Waals surface area contributed by atoms with E-state index >= 15 is 0 Å². The van der Waals surface area contributed by atoms with Gasteiger partial charge in [-0.25, -0.2) is 0 Å². The van der Waals surface area contributed by atoms with Crippen LogP contribution in [0.25, 0.3) is 0 Å². The smallest absolute Gasteiger partial charge is 0.100 e. The molecular weight excluding hydrogens is 236 g/mol. The van der Waals surface area contributed by atoms with E-state index in [1.54, 1.807) is 5.57 Å². The Morgan fingerprint density at radius 3 is 3.11 bits per heavy atom. The Morgan fingerprint density at radius 2 is 2.16 bits per heavy atom. The van der Waals surface area contributed by atoms with Crippen molar-refractivity contribution in [2.24, 2.45) is 23.7 Å². The highest BCUT2D eigenvalue weighted by atomic mass is 16.6. The van der Waals surface area contributed by atoms with Crippen molar-refractivity contribution in [1.29, 1.82) is 0 Å². The van der Waals surface area contributed by atoms with Gasteiger partial charge in [-0.05, 0) is 55.8 Å². The van der Waals surface area contributed by atoms with E-state index in [1.165, 1.54) is 25.7 Å². The summed E-state index contributed by atoms with van der Waals surface area (Å²) < 4.78 is 6.17. The van der Waals surface area contributed by atoms with Gasteiger partial charge in [-0.15, -0.1) is 0 Å². The summed E-state index contributed by atoms with van der Waals surface area (Å²) in [5, 5.41) is 9.98. The van der Waals surface area contributed by atoms with Gasteiger partial charge in [0.2, 0.25) is 0 Å². The molecule has 5 aliphatic rings. The summed E-state index contributed by atoms with van der Waals surface area (Å²) in [6, 6.07) is 0. The minimum absolute atomic E-state index is 0.0955. The summed E-state index contributed by atoms with van der Waals surface area (Å²) in [4.78, 5) is 0. The number of aliphatic hydroxyl groups is 1. The molecule has 0 amide bonds. The molecule has 1 aliphatic heterocycles. The van der Waals surface area contributed by atoms with Crippen LogP contribution in [0.3, 0.4) is 0 Å². The van der Waals surface area contributed by atoms with E-state index < -0.39 is 0 Å². The number of aliphatic hydroxyl groups excluding tert-OH is 1. The first-order valence-electron chi connectivity index (χ1n) is 8.02. The maximum atomic E-state index is 9.98. The summed E-state index contributed by atoms with van der Waals surface area (Å²) >= 11 is 0. The molecule has 19 heavy (non-hydrogen) atoms. The second-order valence-corrected chi connectivity index (χ2v) is 7.34. The molecule has 7 unspecified atom stereocenters. The number of allylic oxidation sites excluding steroid dienone is 4. The van der Waals surface area contributed by atoms with Gasteiger partial charge in [0.15, 0.2) is 0 Å². The lowest BCUT2D eigenvalue weighted by Crippen LogP contribution is -2.48. The van der Waals surface area contributed by atoms with Crippen LogP contribution in [0.15, 0.2) is 23.8 Å². The van der Waals surface area contributed by atoms with Gasteiger partial charge in [-0.1, -0.05) is 23.8 Å². The highest BCUT2D eigenvalue weighted by Gasteiger charge is 2.69. The van der Waals surface area contributed by atoms with E-state index in [-0.39, 0.29) is 11.7 Å². The van der Waals surface area contributed by atoms with Gasteiger partial charge in [0.25, 0.3) is 0 Å². The molecule has 1 spiro atoms. The Hall–Kier alpha value is -0.600. The molecule has 3 saturated carbocycles. The molecule has 0 radical (unpaired) electrons. The number of ether oxygens (including phenoxy) is 1. The molecule has 1 saturated heterocycles. The third-order valence-corrected chi connectivity index (χ3v) is 6.64. The van der Waals surface area contributed by atoms with Crippen LogP contribution in [0, 0.1) is 23.7 Å². The van der Waals surface area contributed by atoms with E-state index in [2.05, 4.69) is 18.2 Å². The molecule has 102 valence electrons. The first-order chi connectivity index (χ1) is 9.28. The first kappa shape index (κ1) is 11.1. The molecule has 0 aromatic heterocycles. The molecule has 4 aliphatic carbocycles. The highest BCUT2D eigenvalue weighted by Crippen LogP contribution is 2.65. The van der Waals surface area contributed by atoms with Crippen LogP contribution in [-0.2, 0) is 4.74 Å². The van der Waals surface area contributed by atoms with Crippen LogP contribution >= 0.6 is 0 Å². The van der Waals surface area contributed by atoms with Gasteiger partial charge in [0, 0.05) is 6.42 Å². The molecule has 1 heterocycles. The normalized spacial score (nSPS) is 57.6. The van der Waals surface area contributed by atoms with Crippen molar-refractivity contribution in [3.63, 3.8) is 0 Å². The summed E-state index contributed by atoms with van der Waals surface area (Å²) in [6.07, 6.45) is 14.4. The topological polar surface area (TPSA) is 32.8 Å². The van der Waals surface area contributed by atoms with Crippen LogP contribution in [0.4, 0.5) is 0 Å². The fourth-order valence-electron chi connectivity index (χ4n) is 5.84. The third kappa shape index (κ3) is 1.34. The fraction of sp³-hybridized carbons (Fsp3) is 0.765. The molecule has 2 nitrogen and oxygen atoms in total. The first-order valence-corrected chi connectivity index (χ1v) is 8.02. The van der Waals surface area contributed by atoms with Gasteiger partial charge in [-0.3, -0.25) is 0 Å². The number of hydrogen-bond donors (Lipinski definition) is 1. The Labute approximate surface area is 114 Å². The number of rotatable bonds is 0. The Kier molecular flexibility index (Phi) is 2.06. The predicted molar refractivity (Wildman–Crippen MR) is 72.5 cm³/mol. The monoisotopic (exact) mass is 258 g/mol. The van der Waals surface area contributed by atoms with E-state index in [0.717, 1.165) is 36.5 Å². The van der Waals surface area contributed by atoms with Crippen LogP contribution in [0.5, 0.6) is 0 Å². The van der Waals surface area contributed by atoms with Crippen molar-refractivity contribution in [2.75, 3.05) is 0 Å². The summed E-state index contributed by atoms with van der Waals surface area (Å²) in [7, 11) is 0. The predicted octanol–water partition coefficient (Wildman–Crippen LogP) is 2.83. The average Bonchev–Trinajstić information content (AvgIpc) is 2.87. The van der Waals surface area contributed by atoms with Gasteiger partial charge in [-0.2, -0.15) is 0 Å². The second-order valence-electron chi connectivity index (χ2n) is 7.34. The Balaban J connectivity index is 1.49. The van der Waals surface area contributed by atoms with Crippen LogP contribution < -0.4 is 0 Å². The molecule has 4 fully saturated rings. The van der Waals surface area contributed by atoms with Crippen molar-refractivity contribution in [1.82, 2.24) is 0 Å². The molecule has 5 rings (SSSR count). The van der Waals surface area contributed by atoms with E-state index in [0.29, 0.717) is 6.10 Å². The quantitative estimate of drug-likeness (QED) is 0.678. The Bertz CT molecular complexity index is 480. The summed E-state index contributed by atoms with van der Waals surface area (Å²) in [6.45, 7) is 0. The largest absolute Gasteiger partial charge is 0.393 e. The number of hydrogen-bond acceptors (Lipinski definition) is 2. The zero-order chi connectivity index (χ0) is 12.6. The SMILES string of the molecule is OC1CCC2C3CCC4C=CC=C4C3CC3OC32C1. The van der Waals surface area contributed by atoms with Gasteiger partial charge in [0.1, 0.15) is 5.60 Å². The number of fused-ring (bicyclic) bond motifs is 4. The van der Waals surface area contributed by atoms with Crippen LogP contribution in [-0.4, -0.2) is 22.9 Å². The third-order valence-electron chi connectivity index (χ3n) is 6.64. The lowest BCUT2D eigenvalue weighted by Gasteiger charge is -2.48. The average molecular weight is 258 g/mol. The van der Waals surface area contributed by atoms with Crippen molar-refractivity contribution < 1.29 is 9.84 Å².